The Balaban J connectivity index is 0.00000441. The predicted octanol–water partition coefficient (Wildman–Crippen LogP) is 2.49. The van der Waals surface area contributed by atoms with Crippen LogP contribution >= 0.6 is 24.0 Å². The summed E-state index contributed by atoms with van der Waals surface area (Å²) in [5.41, 5.74) is 0.978. The monoisotopic (exact) mass is 419 g/mol. The smallest absolute Gasteiger partial charge is 0.191 e. The molecular weight excluding hydrogens is 389 g/mol. The summed E-state index contributed by atoms with van der Waals surface area (Å²) < 4.78 is 0. The van der Waals surface area contributed by atoms with Gasteiger partial charge in [0.25, 0.3) is 0 Å². The average molecular weight is 419 g/mol. The highest BCUT2D eigenvalue weighted by Crippen LogP contribution is 1.98. The lowest BCUT2D eigenvalue weighted by atomic mass is 10.2. The largest absolute Gasteiger partial charge is 0.357 e. The summed E-state index contributed by atoms with van der Waals surface area (Å²) >= 11 is 0. The molecule has 0 bridgehead atoms. The molecule has 1 unspecified atom stereocenters. The Hall–Kier alpha value is -0.890. The van der Waals surface area contributed by atoms with Crippen molar-refractivity contribution in [3.05, 3.63) is 30.1 Å². The van der Waals surface area contributed by atoms with E-state index in [2.05, 4.69) is 53.3 Å². The zero-order chi connectivity index (χ0) is 15.5. The number of likely N-dealkylation sites (N-methyl/N-ethyl adjacent to an activating group) is 1. The van der Waals surface area contributed by atoms with Crippen LogP contribution < -0.4 is 10.6 Å². The minimum absolute atomic E-state index is 0. The molecule has 0 saturated carbocycles. The molecule has 1 heterocycles. The van der Waals surface area contributed by atoms with Crippen LogP contribution in [0.4, 0.5) is 0 Å². The molecule has 6 heteroatoms. The minimum atomic E-state index is 0. The molecule has 0 radical (unpaired) electrons. The molecule has 1 aromatic heterocycles. The quantitative estimate of drug-likeness (QED) is 0.386. The lowest BCUT2D eigenvalue weighted by Gasteiger charge is -2.23. The third-order valence-corrected chi connectivity index (χ3v) is 3.57. The summed E-state index contributed by atoms with van der Waals surface area (Å²) in [5.74, 6) is 0.848. The van der Waals surface area contributed by atoms with Crippen molar-refractivity contribution in [1.29, 1.82) is 0 Å². The highest BCUT2D eigenvalue weighted by atomic mass is 127. The lowest BCUT2D eigenvalue weighted by molar-refractivity contribution is 0.255. The second-order valence-corrected chi connectivity index (χ2v) is 5.18. The van der Waals surface area contributed by atoms with Gasteiger partial charge in [0.1, 0.15) is 0 Å². The molecule has 1 atom stereocenters. The summed E-state index contributed by atoms with van der Waals surface area (Å²) in [7, 11) is 2.16. The van der Waals surface area contributed by atoms with Crippen LogP contribution in [0.2, 0.25) is 0 Å². The van der Waals surface area contributed by atoms with E-state index in [4.69, 9.17) is 0 Å². The van der Waals surface area contributed by atoms with E-state index in [0.717, 1.165) is 31.3 Å². The van der Waals surface area contributed by atoms with Gasteiger partial charge >= 0.3 is 0 Å². The number of nitrogens with zero attached hydrogens (tertiary/aromatic N) is 3. The predicted molar refractivity (Wildman–Crippen MR) is 105 cm³/mol. The fourth-order valence-corrected chi connectivity index (χ4v) is 1.88. The van der Waals surface area contributed by atoms with Crippen LogP contribution in [0.5, 0.6) is 0 Å². The van der Waals surface area contributed by atoms with Gasteiger partial charge in [-0.3, -0.25) is 4.98 Å². The Bertz CT molecular complexity index is 410. The first-order valence-corrected chi connectivity index (χ1v) is 7.79. The van der Waals surface area contributed by atoms with Crippen LogP contribution in [0.15, 0.2) is 29.4 Å². The van der Waals surface area contributed by atoms with E-state index in [1.165, 1.54) is 6.42 Å². The molecular formula is C16H30IN5. The van der Waals surface area contributed by atoms with E-state index in [0.29, 0.717) is 12.6 Å². The van der Waals surface area contributed by atoms with E-state index in [1.807, 2.05) is 18.2 Å². The molecule has 0 aromatic carbocycles. The fraction of sp³-hybridized carbons (Fsp3) is 0.625. The van der Waals surface area contributed by atoms with Gasteiger partial charge in [-0.25, -0.2) is 4.99 Å². The highest BCUT2D eigenvalue weighted by Gasteiger charge is 2.06. The first kappa shape index (κ1) is 21.1. The zero-order valence-corrected chi connectivity index (χ0v) is 16.5. The number of aromatic nitrogens is 1. The molecule has 22 heavy (non-hydrogen) atoms. The van der Waals surface area contributed by atoms with Crippen LogP contribution in [0.25, 0.3) is 0 Å². The van der Waals surface area contributed by atoms with Crippen molar-refractivity contribution < 1.29 is 0 Å². The SMILES string of the molecule is CCNC(=NCc1ccccn1)NCCN(C)C(C)CC.I. The van der Waals surface area contributed by atoms with Crippen LogP contribution in [-0.2, 0) is 6.54 Å². The maximum Gasteiger partial charge on any atom is 0.191 e. The Morgan fingerprint density at radius 2 is 2.09 bits per heavy atom. The van der Waals surface area contributed by atoms with Crippen molar-refractivity contribution in [1.82, 2.24) is 20.5 Å². The second kappa shape index (κ2) is 12.6. The molecule has 5 nitrogen and oxygen atoms in total. The van der Waals surface area contributed by atoms with Crippen LogP contribution in [-0.4, -0.2) is 48.6 Å². The van der Waals surface area contributed by atoms with Crippen LogP contribution in [0.1, 0.15) is 32.9 Å². The number of rotatable bonds is 8. The van der Waals surface area contributed by atoms with E-state index in [9.17, 15) is 0 Å². The molecule has 1 rings (SSSR count). The topological polar surface area (TPSA) is 52.6 Å². The molecule has 0 aliphatic heterocycles. The number of hydrogen-bond acceptors (Lipinski definition) is 3. The first-order valence-electron chi connectivity index (χ1n) is 7.79. The number of halogens is 1. The number of pyridine rings is 1. The highest BCUT2D eigenvalue weighted by molar-refractivity contribution is 14.0. The molecule has 0 aliphatic carbocycles. The van der Waals surface area contributed by atoms with Gasteiger partial charge < -0.3 is 15.5 Å². The second-order valence-electron chi connectivity index (χ2n) is 5.18. The van der Waals surface area contributed by atoms with E-state index < -0.39 is 0 Å². The Morgan fingerprint density at radius 3 is 2.68 bits per heavy atom. The molecule has 0 spiro atoms. The van der Waals surface area contributed by atoms with Gasteiger partial charge in [0, 0.05) is 31.9 Å². The van der Waals surface area contributed by atoms with Crippen molar-refractivity contribution in [2.24, 2.45) is 4.99 Å². The maximum absolute atomic E-state index is 4.56. The van der Waals surface area contributed by atoms with Gasteiger partial charge in [0.15, 0.2) is 5.96 Å². The van der Waals surface area contributed by atoms with Gasteiger partial charge in [-0.2, -0.15) is 0 Å². The van der Waals surface area contributed by atoms with Gasteiger partial charge in [-0.05, 0) is 39.4 Å². The van der Waals surface area contributed by atoms with Crippen molar-refractivity contribution in [2.45, 2.75) is 39.8 Å². The first-order chi connectivity index (χ1) is 10.2. The summed E-state index contributed by atoms with van der Waals surface area (Å²) in [5, 5.41) is 6.63. The molecule has 1 aromatic rings. The summed E-state index contributed by atoms with van der Waals surface area (Å²) in [6.07, 6.45) is 2.97. The maximum atomic E-state index is 4.56. The van der Waals surface area contributed by atoms with Crippen molar-refractivity contribution in [2.75, 3.05) is 26.7 Å². The van der Waals surface area contributed by atoms with E-state index in [-0.39, 0.29) is 24.0 Å². The standard InChI is InChI=1S/C16H29N5.HI/c1-5-14(3)21(4)12-11-19-16(17-6-2)20-13-15-9-7-8-10-18-15;/h7-10,14H,5-6,11-13H2,1-4H3,(H2,17,19,20);1H. The third kappa shape index (κ3) is 8.53. The number of aliphatic imine (C=N–C) groups is 1. The van der Waals surface area contributed by atoms with Crippen molar-refractivity contribution in [3.8, 4) is 0 Å². The zero-order valence-electron chi connectivity index (χ0n) is 14.2. The summed E-state index contributed by atoms with van der Waals surface area (Å²) in [6.45, 7) is 9.88. The summed E-state index contributed by atoms with van der Waals surface area (Å²) in [4.78, 5) is 11.2. The normalized spacial score (nSPS) is 12.7. The molecule has 0 fully saturated rings. The average Bonchev–Trinajstić information content (AvgIpc) is 2.52. The van der Waals surface area contributed by atoms with E-state index in [1.54, 1.807) is 6.20 Å². The van der Waals surface area contributed by atoms with Gasteiger partial charge in [-0.15, -0.1) is 24.0 Å². The lowest BCUT2D eigenvalue weighted by Crippen LogP contribution is -2.42. The molecule has 0 aliphatic rings. The number of hydrogen-bond donors (Lipinski definition) is 2. The fourth-order valence-electron chi connectivity index (χ4n) is 1.88. The molecule has 0 amide bonds. The van der Waals surface area contributed by atoms with Crippen molar-refractivity contribution >= 4 is 29.9 Å². The van der Waals surface area contributed by atoms with Gasteiger partial charge in [-0.1, -0.05) is 13.0 Å². The molecule has 126 valence electrons. The Kier molecular flexibility index (Phi) is 12.1. The van der Waals surface area contributed by atoms with E-state index >= 15 is 0 Å². The Morgan fingerprint density at radius 1 is 1.32 bits per heavy atom. The molecule has 0 saturated heterocycles. The minimum Gasteiger partial charge on any atom is -0.357 e. The number of guanidine groups is 1. The Labute approximate surface area is 152 Å². The number of nitrogens with one attached hydrogen (secondary N) is 2. The van der Waals surface area contributed by atoms with Crippen molar-refractivity contribution in [3.63, 3.8) is 0 Å². The van der Waals surface area contributed by atoms with Gasteiger partial charge in [0.05, 0.1) is 12.2 Å². The summed E-state index contributed by atoms with van der Waals surface area (Å²) in [6, 6.07) is 6.50. The van der Waals surface area contributed by atoms with Crippen LogP contribution in [0.3, 0.4) is 0 Å². The third-order valence-electron chi connectivity index (χ3n) is 3.57. The van der Waals surface area contributed by atoms with Crippen LogP contribution in [0, 0.1) is 0 Å². The van der Waals surface area contributed by atoms with Gasteiger partial charge in [0.2, 0.25) is 0 Å². The molecule has 2 N–H and O–H groups in total.